The van der Waals surface area contributed by atoms with E-state index in [1.54, 1.807) is 0 Å². The van der Waals surface area contributed by atoms with Crippen molar-refractivity contribution in [2.24, 2.45) is 7.05 Å². The highest BCUT2D eigenvalue weighted by atomic mass is 15.3. The number of nitrogens with one attached hydrogen (secondary N) is 1. The zero-order valence-electron chi connectivity index (χ0n) is 13.2. The zero-order chi connectivity index (χ0) is 14.7. The normalized spacial score (nSPS) is 12.4. The van der Waals surface area contributed by atoms with Crippen molar-refractivity contribution in [1.82, 2.24) is 9.78 Å². The molecule has 2 aromatic rings. The molecule has 108 valence electrons. The molecule has 3 heteroatoms. The van der Waals surface area contributed by atoms with Crippen LogP contribution in [0.2, 0.25) is 0 Å². The highest BCUT2D eigenvalue weighted by Gasteiger charge is 2.16. The summed E-state index contributed by atoms with van der Waals surface area (Å²) in [5.41, 5.74) is 6.28. The minimum Gasteiger partial charge on any atom is -0.378 e. The van der Waals surface area contributed by atoms with Crippen LogP contribution in [0.4, 0.5) is 5.69 Å². The molecule has 0 saturated carbocycles. The van der Waals surface area contributed by atoms with Crippen molar-refractivity contribution in [3.8, 4) is 0 Å². The average molecular weight is 271 g/mol. The molecule has 0 aliphatic carbocycles. The maximum absolute atomic E-state index is 4.51. The Hall–Kier alpha value is -1.77. The minimum absolute atomic E-state index is 0.265. The molecule has 0 radical (unpaired) electrons. The van der Waals surface area contributed by atoms with Gasteiger partial charge in [0, 0.05) is 24.0 Å². The topological polar surface area (TPSA) is 29.9 Å². The molecule has 0 amide bonds. The Morgan fingerprint density at radius 3 is 2.55 bits per heavy atom. The van der Waals surface area contributed by atoms with Crippen molar-refractivity contribution >= 4 is 5.69 Å². The van der Waals surface area contributed by atoms with Gasteiger partial charge in [0.05, 0.1) is 11.7 Å². The predicted molar refractivity (Wildman–Crippen MR) is 85.2 cm³/mol. The first-order chi connectivity index (χ1) is 9.54. The Balaban J connectivity index is 2.25. The van der Waals surface area contributed by atoms with Crippen LogP contribution < -0.4 is 5.32 Å². The van der Waals surface area contributed by atoms with Crippen molar-refractivity contribution < 1.29 is 0 Å². The lowest BCUT2D eigenvalue weighted by Crippen LogP contribution is -2.10. The molecular weight excluding hydrogens is 246 g/mol. The van der Waals surface area contributed by atoms with Crippen LogP contribution in [0.25, 0.3) is 0 Å². The molecule has 1 aromatic carbocycles. The number of nitrogens with zero attached hydrogens (tertiary/aromatic N) is 2. The molecule has 2 rings (SSSR count). The lowest BCUT2D eigenvalue weighted by atomic mass is 10.0. The maximum atomic E-state index is 4.51. The number of benzene rings is 1. The summed E-state index contributed by atoms with van der Waals surface area (Å²) < 4.78 is 1.96. The molecule has 3 nitrogen and oxygen atoms in total. The van der Waals surface area contributed by atoms with Gasteiger partial charge in [-0.05, 0) is 38.8 Å². The second-order valence-corrected chi connectivity index (χ2v) is 5.48. The van der Waals surface area contributed by atoms with Crippen molar-refractivity contribution in [1.29, 1.82) is 0 Å². The SMILES string of the molecule is CCCc1ccccc1NC(C)c1c(C)nn(C)c1C. The van der Waals surface area contributed by atoms with Crippen LogP contribution in [0, 0.1) is 13.8 Å². The third kappa shape index (κ3) is 2.87. The number of anilines is 1. The van der Waals surface area contributed by atoms with E-state index in [-0.39, 0.29) is 6.04 Å². The largest absolute Gasteiger partial charge is 0.378 e. The summed E-state index contributed by atoms with van der Waals surface area (Å²) in [5.74, 6) is 0. The molecule has 20 heavy (non-hydrogen) atoms. The Morgan fingerprint density at radius 2 is 1.95 bits per heavy atom. The molecule has 1 heterocycles. The van der Waals surface area contributed by atoms with E-state index >= 15 is 0 Å². The summed E-state index contributed by atoms with van der Waals surface area (Å²) >= 11 is 0. The first-order valence-electron chi connectivity index (χ1n) is 7.39. The highest BCUT2D eigenvalue weighted by molar-refractivity contribution is 5.53. The van der Waals surface area contributed by atoms with Gasteiger partial charge in [0.1, 0.15) is 0 Å². The molecule has 0 aliphatic rings. The maximum Gasteiger partial charge on any atom is 0.0649 e. The third-order valence-electron chi connectivity index (χ3n) is 3.91. The molecular formula is C17H25N3. The van der Waals surface area contributed by atoms with Crippen LogP contribution in [0.1, 0.15) is 48.8 Å². The summed E-state index contributed by atoms with van der Waals surface area (Å²) in [7, 11) is 2.00. The van der Waals surface area contributed by atoms with Crippen molar-refractivity contribution in [3.63, 3.8) is 0 Å². The Morgan fingerprint density at radius 1 is 1.25 bits per heavy atom. The van der Waals surface area contributed by atoms with Gasteiger partial charge < -0.3 is 5.32 Å². The zero-order valence-corrected chi connectivity index (χ0v) is 13.2. The van der Waals surface area contributed by atoms with E-state index in [2.05, 4.69) is 62.4 Å². The highest BCUT2D eigenvalue weighted by Crippen LogP contribution is 2.26. The molecule has 0 saturated heterocycles. The van der Waals surface area contributed by atoms with Crippen LogP contribution in [0.5, 0.6) is 0 Å². The monoisotopic (exact) mass is 271 g/mol. The van der Waals surface area contributed by atoms with Gasteiger partial charge in [-0.3, -0.25) is 4.68 Å². The van der Waals surface area contributed by atoms with Crippen molar-refractivity contribution in [3.05, 3.63) is 46.8 Å². The van der Waals surface area contributed by atoms with Crippen LogP contribution in [-0.4, -0.2) is 9.78 Å². The molecule has 1 unspecified atom stereocenters. The molecule has 1 atom stereocenters. The lowest BCUT2D eigenvalue weighted by molar-refractivity contribution is 0.728. The fourth-order valence-corrected chi connectivity index (χ4v) is 2.87. The van der Waals surface area contributed by atoms with Gasteiger partial charge in [0.15, 0.2) is 0 Å². The van der Waals surface area contributed by atoms with E-state index in [1.807, 2.05) is 11.7 Å². The Labute approximate surface area is 122 Å². The number of para-hydroxylation sites is 1. The fraction of sp³-hybridized carbons (Fsp3) is 0.471. The number of aromatic nitrogens is 2. The fourth-order valence-electron chi connectivity index (χ4n) is 2.87. The van der Waals surface area contributed by atoms with Crippen LogP contribution in [0.3, 0.4) is 0 Å². The standard InChI is InChI=1S/C17H25N3/c1-6-9-15-10-7-8-11-16(15)18-12(2)17-13(3)19-20(5)14(17)4/h7-8,10-12,18H,6,9H2,1-5H3. The van der Waals surface area contributed by atoms with Crippen LogP contribution in [-0.2, 0) is 13.5 Å². The van der Waals surface area contributed by atoms with Gasteiger partial charge in [-0.1, -0.05) is 31.5 Å². The van der Waals surface area contributed by atoms with Crippen LogP contribution >= 0.6 is 0 Å². The van der Waals surface area contributed by atoms with E-state index in [0.29, 0.717) is 0 Å². The van der Waals surface area contributed by atoms with Crippen molar-refractivity contribution in [2.75, 3.05) is 5.32 Å². The Bertz CT molecular complexity index is 584. The van der Waals surface area contributed by atoms with Crippen LogP contribution in [0.15, 0.2) is 24.3 Å². The average Bonchev–Trinajstić information content (AvgIpc) is 2.66. The molecule has 0 aliphatic heterocycles. The summed E-state index contributed by atoms with van der Waals surface area (Å²) in [6, 6.07) is 8.85. The first-order valence-corrected chi connectivity index (χ1v) is 7.39. The molecule has 0 spiro atoms. The van der Waals surface area contributed by atoms with Crippen molar-refractivity contribution in [2.45, 2.75) is 46.6 Å². The quantitative estimate of drug-likeness (QED) is 0.884. The molecule has 1 aromatic heterocycles. The smallest absolute Gasteiger partial charge is 0.0649 e. The second-order valence-electron chi connectivity index (χ2n) is 5.48. The molecule has 1 N–H and O–H groups in total. The van der Waals surface area contributed by atoms with E-state index in [4.69, 9.17) is 0 Å². The Kier molecular flexibility index (Phi) is 4.48. The molecule has 0 bridgehead atoms. The van der Waals surface area contributed by atoms with E-state index in [0.717, 1.165) is 18.5 Å². The van der Waals surface area contributed by atoms with Gasteiger partial charge in [-0.25, -0.2) is 0 Å². The van der Waals surface area contributed by atoms with Gasteiger partial charge in [0.25, 0.3) is 0 Å². The van der Waals surface area contributed by atoms with Gasteiger partial charge >= 0.3 is 0 Å². The number of hydrogen-bond donors (Lipinski definition) is 1. The summed E-state index contributed by atoms with van der Waals surface area (Å²) in [6.07, 6.45) is 2.28. The molecule has 0 fully saturated rings. The summed E-state index contributed by atoms with van der Waals surface area (Å²) in [5, 5.41) is 8.16. The number of hydrogen-bond acceptors (Lipinski definition) is 2. The summed E-state index contributed by atoms with van der Waals surface area (Å²) in [6.45, 7) is 8.64. The first kappa shape index (κ1) is 14.6. The van der Waals surface area contributed by atoms with Gasteiger partial charge in [-0.2, -0.15) is 5.10 Å². The van der Waals surface area contributed by atoms with Gasteiger partial charge in [0.2, 0.25) is 0 Å². The van der Waals surface area contributed by atoms with Gasteiger partial charge in [-0.15, -0.1) is 0 Å². The summed E-state index contributed by atoms with van der Waals surface area (Å²) in [4.78, 5) is 0. The van der Waals surface area contributed by atoms with E-state index < -0.39 is 0 Å². The second kappa shape index (κ2) is 6.12. The van der Waals surface area contributed by atoms with E-state index in [1.165, 1.54) is 22.5 Å². The number of aryl methyl sites for hydroxylation is 3. The minimum atomic E-state index is 0.265. The third-order valence-corrected chi connectivity index (χ3v) is 3.91. The predicted octanol–water partition coefficient (Wildman–Crippen LogP) is 4.16. The number of rotatable bonds is 5. The lowest BCUT2D eigenvalue weighted by Gasteiger charge is -2.19. The van der Waals surface area contributed by atoms with E-state index in [9.17, 15) is 0 Å².